The predicted octanol–water partition coefficient (Wildman–Crippen LogP) is 1.27. The fourth-order valence-corrected chi connectivity index (χ4v) is 1.81. The molecule has 0 spiro atoms. The van der Waals surface area contributed by atoms with E-state index < -0.39 is 5.82 Å². The number of carbonyl (C=O) groups excluding carboxylic acids is 1. The largest absolute Gasteiger partial charge is 0.494 e. The van der Waals surface area contributed by atoms with Gasteiger partial charge in [0.15, 0.2) is 11.6 Å². The first-order valence-electron chi connectivity index (χ1n) is 5.81. The Balaban J connectivity index is 2.02. The van der Waals surface area contributed by atoms with Crippen LogP contribution in [0.25, 0.3) is 0 Å². The molecule has 0 unspecified atom stereocenters. The summed E-state index contributed by atoms with van der Waals surface area (Å²) >= 11 is 0. The van der Waals surface area contributed by atoms with Gasteiger partial charge in [0.1, 0.15) is 0 Å². The molecule has 1 aliphatic heterocycles. The van der Waals surface area contributed by atoms with E-state index in [2.05, 4.69) is 10.6 Å². The average Bonchev–Trinajstić information content (AvgIpc) is 2.42. The SMILES string of the molecule is COc1cc(NC(=O)N2CCNCC2)ccc1F. The number of amides is 2. The molecule has 1 heterocycles. The predicted molar refractivity (Wildman–Crippen MR) is 66.4 cm³/mol. The standard InChI is InChI=1S/C12H16FN3O2/c1-18-11-8-9(2-3-10(11)13)15-12(17)16-6-4-14-5-7-16/h2-3,8,14H,4-7H2,1H3,(H,15,17). The minimum Gasteiger partial charge on any atom is -0.494 e. The Morgan fingerprint density at radius 1 is 1.44 bits per heavy atom. The number of methoxy groups -OCH3 is 1. The molecule has 0 aromatic heterocycles. The summed E-state index contributed by atoms with van der Waals surface area (Å²) in [4.78, 5) is 13.6. The molecule has 98 valence electrons. The second kappa shape index (κ2) is 5.68. The number of hydrogen-bond donors (Lipinski definition) is 2. The molecule has 0 radical (unpaired) electrons. The van der Waals surface area contributed by atoms with Crippen LogP contribution in [0, 0.1) is 5.82 Å². The number of carbonyl (C=O) groups is 1. The monoisotopic (exact) mass is 253 g/mol. The summed E-state index contributed by atoms with van der Waals surface area (Å²) in [6, 6.07) is 4.07. The molecule has 1 aliphatic rings. The van der Waals surface area contributed by atoms with Crippen molar-refractivity contribution >= 4 is 11.7 Å². The van der Waals surface area contributed by atoms with Crippen molar-refractivity contribution in [3.05, 3.63) is 24.0 Å². The van der Waals surface area contributed by atoms with E-state index in [0.29, 0.717) is 18.8 Å². The molecule has 2 rings (SSSR count). The number of ether oxygens (including phenoxy) is 1. The molecule has 0 saturated carbocycles. The van der Waals surface area contributed by atoms with Crippen molar-refractivity contribution in [3.8, 4) is 5.75 Å². The van der Waals surface area contributed by atoms with Crippen LogP contribution in [-0.4, -0.2) is 44.2 Å². The molecule has 2 amide bonds. The number of halogens is 1. The Kier molecular flexibility index (Phi) is 3.99. The molecule has 5 nitrogen and oxygen atoms in total. The summed E-state index contributed by atoms with van der Waals surface area (Å²) in [6.45, 7) is 2.93. The first-order valence-corrected chi connectivity index (χ1v) is 5.81. The number of anilines is 1. The first kappa shape index (κ1) is 12.6. The molecule has 0 aliphatic carbocycles. The number of hydrogen-bond acceptors (Lipinski definition) is 3. The van der Waals surface area contributed by atoms with Crippen LogP contribution in [0.5, 0.6) is 5.75 Å². The van der Waals surface area contributed by atoms with Crippen LogP contribution in [0.4, 0.5) is 14.9 Å². The van der Waals surface area contributed by atoms with Gasteiger partial charge in [-0.05, 0) is 12.1 Å². The lowest BCUT2D eigenvalue weighted by Crippen LogP contribution is -2.48. The third kappa shape index (κ3) is 2.89. The highest BCUT2D eigenvalue weighted by Gasteiger charge is 2.16. The van der Waals surface area contributed by atoms with Crippen molar-refractivity contribution in [2.75, 3.05) is 38.6 Å². The number of nitrogens with one attached hydrogen (secondary N) is 2. The van der Waals surface area contributed by atoms with Crippen molar-refractivity contribution in [1.29, 1.82) is 0 Å². The molecule has 6 heteroatoms. The summed E-state index contributed by atoms with van der Waals surface area (Å²) in [5.74, 6) is -0.328. The lowest BCUT2D eigenvalue weighted by molar-refractivity contribution is 0.204. The molecular weight excluding hydrogens is 237 g/mol. The van der Waals surface area contributed by atoms with E-state index in [9.17, 15) is 9.18 Å². The Morgan fingerprint density at radius 3 is 2.83 bits per heavy atom. The van der Waals surface area contributed by atoms with Crippen LogP contribution in [0.3, 0.4) is 0 Å². The molecular formula is C12H16FN3O2. The van der Waals surface area contributed by atoms with Gasteiger partial charge in [0.05, 0.1) is 7.11 Å². The van der Waals surface area contributed by atoms with E-state index in [4.69, 9.17) is 4.74 Å². The van der Waals surface area contributed by atoms with Crippen LogP contribution >= 0.6 is 0 Å². The molecule has 1 aromatic rings. The third-order valence-corrected chi connectivity index (χ3v) is 2.81. The molecule has 1 fully saturated rings. The highest BCUT2D eigenvalue weighted by molar-refractivity contribution is 5.89. The Bertz CT molecular complexity index is 433. The zero-order valence-electron chi connectivity index (χ0n) is 10.2. The number of nitrogens with zero attached hydrogens (tertiary/aromatic N) is 1. The van der Waals surface area contributed by atoms with Crippen LogP contribution < -0.4 is 15.4 Å². The Hall–Kier alpha value is -1.82. The summed E-state index contributed by atoms with van der Waals surface area (Å²) in [5.41, 5.74) is 0.525. The topological polar surface area (TPSA) is 53.6 Å². The second-order valence-corrected chi connectivity index (χ2v) is 4.02. The molecule has 0 atom stereocenters. The maximum absolute atomic E-state index is 13.2. The van der Waals surface area contributed by atoms with E-state index in [1.807, 2.05) is 0 Å². The lowest BCUT2D eigenvalue weighted by atomic mass is 10.3. The average molecular weight is 253 g/mol. The third-order valence-electron chi connectivity index (χ3n) is 2.81. The zero-order chi connectivity index (χ0) is 13.0. The van der Waals surface area contributed by atoms with Gasteiger partial charge >= 0.3 is 6.03 Å². The van der Waals surface area contributed by atoms with Crippen molar-refractivity contribution in [3.63, 3.8) is 0 Å². The van der Waals surface area contributed by atoms with Gasteiger partial charge in [0, 0.05) is 37.9 Å². The quantitative estimate of drug-likeness (QED) is 0.834. The Morgan fingerprint density at radius 2 is 2.17 bits per heavy atom. The van der Waals surface area contributed by atoms with Gasteiger partial charge in [0.2, 0.25) is 0 Å². The van der Waals surface area contributed by atoms with Gasteiger partial charge in [-0.3, -0.25) is 0 Å². The van der Waals surface area contributed by atoms with Crippen LogP contribution in [0.15, 0.2) is 18.2 Å². The maximum Gasteiger partial charge on any atom is 0.321 e. The number of benzene rings is 1. The normalized spacial score (nSPS) is 15.3. The number of urea groups is 1. The van der Waals surface area contributed by atoms with Crippen molar-refractivity contribution in [2.45, 2.75) is 0 Å². The minimum absolute atomic E-state index is 0.119. The van der Waals surface area contributed by atoms with E-state index in [1.165, 1.54) is 25.3 Å². The summed E-state index contributed by atoms with van der Waals surface area (Å²) in [6.07, 6.45) is 0. The first-order chi connectivity index (χ1) is 8.70. The number of piperazine rings is 1. The van der Waals surface area contributed by atoms with E-state index in [1.54, 1.807) is 4.90 Å². The highest BCUT2D eigenvalue weighted by Crippen LogP contribution is 2.21. The van der Waals surface area contributed by atoms with Gasteiger partial charge in [-0.1, -0.05) is 0 Å². The van der Waals surface area contributed by atoms with Crippen LogP contribution in [0.1, 0.15) is 0 Å². The van der Waals surface area contributed by atoms with Gasteiger partial charge in [0.25, 0.3) is 0 Å². The second-order valence-electron chi connectivity index (χ2n) is 4.02. The molecule has 18 heavy (non-hydrogen) atoms. The summed E-state index contributed by atoms with van der Waals surface area (Å²) < 4.78 is 18.1. The molecule has 1 aromatic carbocycles. The smallest absolute Gasteiger partial charge is 0.321 e. The van der Waals surface area contributed by atoms with E-state index >= 15 is 0 Å². The minimum atomic E-state index is -0.447. The van der Waals surface area contributed by atoms with Crippen molar-refractivity contribution in [2.24, 2.45) is 0 Å². The fraction of sp³-hybridized carbons (Fsp3) is 0.417. The number of rotatable bonds is 2. The summed E-state index contributed by atoms with van der Waals surface area (Å²) in [7, 11) is 1.39. The van der Waals surface area contributed by atoms with Gasteiger partial charge in [-0.15, -0.1) is 0 Å². The lowest BCUT2D eigenvalue weighted by Gasteiger charge is -2.27. The van der Waals surface area contributed by atoms with E-state index in [-0.39, 0.29) is 11.8 Å². The fourth-order valence-electron chi connectivity index (χ4n) is 1.81. The van der Waals surface area contributed by atoms with Crippen LogP contribution in [-0.2, 0) is 0 Å². The maximum atomic E-state index is 13.2. The van der Waals surface area contributed by atoms with Gasteiger partial charge in [-0.25, -0.2) is 9.18 Å². The zero-order valence-corrected chi connectivity index (χ0v) is 10.2. The molecule has 2 N–H and O–H groups in total. The summed E-state index contributed by atoms with van der Waals surface area (Å²) in [5, 5.41) is 5.89. The van der Waals surface area contributed by atoms with E-state index in [0.717, 1.165) is 13.1 Å². The van der Waals surface area contributed by atoms with Gasteiger partial charge < -0.3 is 20.3 Å². The van der Waals surface area contributed by atoms with Crippen molar-refractivity contribution < 1.29 is 13.9 Å². The van der Waals surface area contributed by atoms with Gasteiger partial charge in [-0.2, -0.15) is 0 Å². The highest BCUT2D eigenvalue weighted by atomic mass is 19.1. The van der Waals surface area contributed by atoms with Crippen LogP contribution in [0.2, 0.25) is 0 Å². The van der Waals surface area contributed by atoms with Crippen molar-refractivity contribution in [1.82, 2.24) is 10.2 Å². The Labute approximate surface area is 105 Å². The molecule has 0 bridgehead atoms. The molecule has 1 saturated heterocycles.